The number of rotatable bonds is 4. The highest BCUT2D eigenvalue weighted by Crippen LogP contribution is 2.32. The molecular formula is C15H17ClN2O2. The number of aryl methyl sites for hydroxylation is 1. The van der Waals surface area contributed by atoms with E-state index in [-0.39, 0.29) is 0 Å². The second-order valence-corrected chi connectivity index (χ2v) is 4.68. The predicted octanol–water partition coefficient (Wildman–Crippen LogP) is 3.69. The molecule has 2 aromatic rings. The van der Waals surface area contributed by atoms with E-state index >= 15 is 0 Å². The zero-order valence-corrected chi connectivity index (χ0v) is 12.8. The van der Waals surface area contributed by atoms with Crippen LogP contribution >= 0.6 is 11.6 Å². The third kappa shape index (κ3) is 2.70. The van der Waals surface area contributed by atoms with Gasteiger partial charge in [0.05, 0.1) is 19.8 Å². The molecule has 2 rings (SSSR count). The van der Waals surface area contributed by atoms with Crippen LogP contribution in [0.1, 0.15) is 18.2 Å². The van der Waals surface area contributed by atoms with Gasteiger partial charge in [-0.15, -0.1) is 0 Å². The molecule has 20 heavy (non-hydrogen) atoms. The molecule has 0 radical (unpaired) electrons. The summed E-state index contributed by atoms with van der Waals surface area (Å²) in [5.41, 5.74) is 2.66. The molecule has 0 amide bonds. The second-order valence-electron chi connectivity index (χ2n) is 4.32. The molecule has 0 unspecified atom stereocenters. The van der Waals surface area contributed by atoms with Crippen LogP contribution in [-0.4, -0.2) is 24.2 Å². The van der Waals surface area contributed by atoms with Gasteiger partial charge in [-0.2, -0.15) is 0 Å². The second kappa shape index (κ2) is 6.09. The first-order valence-electron chi connectivity index (χ1n) is 6.36. The third-order valence-electron chi connectivity index (χ3n) is 3.17. The van der Waals surface area contributed by atoms with Gasteiger partial charge in [0, 0.05) is 17.3 Å². The standard InChI is InChI=1S/C15H17ClN2O2/c1-5-11-9(2)17-15(18-14(11)16)12-7-6-10(19-3)8-13(12)20-4/h6-8H,5H2,1-4H3. The smallest absolute Gasteiger partial charge is 0.164 e. The number of halogens is 1. The van der Waals surface area contributed by atoms with Crippen LogP contribution in [0.25, 0.3) is 11.4 Å². The molecule has 0 aliphatic heterocycles. The molecule has 0 N–H and O–H groups in total. The molecule has 0 fully saturated rings. The zero-order valence-electron chi connectivity index (χ0n) is 12.0. The Morgan fingerprint density at radius 1 is 1.15 bits per heavy atom. The van der Waals surface area contributed by atoms with E-state index in [4.69, 9.17) is 21.1 Å². The van der Waals surface area contributed by atoms with Crippen molar-refractivity contribution in [2.45, 2.75) is 20.3 Å². The normalized spacial score (nSPS) is 10.4. The lowest BCUT2D eigenvalue weighted by atomic mass is 10.1. The van der Waals surface area contributed by atoms with Crippen LogP contribution in [-0.2, 0) is 6.42 Å². The molecule has 0 bridgehead atoms. The summed E-state index contributed by atoms with van der Waals surface area (Å²) in [5, 5.41) is 0.493. The number of ether oxygens (including phenoxy) is 2. The van der Waals surface area contributed by atoms with E-state index in [1.165, 1.54) is 0 Å². The first-order chi connectivity index (χ1) is 9.60. The molecule has 0 aliphatic carbocycles. The molecule has 0 saturated carbocycles. The van der Waals surface area contributed by atoms with Crippen LogP contribution in [0.5, 0.6) is 11.5 Å². The van der Waals surface area contributed by atoms with Gasteiger partial charge in [-0.05, 0) is 25.5 Å². The minimum Gasteiger partial charge on any atom is -0.497 e. The molecule has 0 atom stereocenters. The minimum atomic E-state index is 0.493. The fourth-order valence-electron chi connectivity index (χ4n) is 2.07. The van der Waals surface area contributed by atoms with Crippen LogP contribution in [0.15, 0.2) is 18.2 Å². The van der Waals surface area contributed by atoms with E-state index < -0.39 is 0 Å². The fourth-order valence-corrected chi connectivity index (χ4v) is 2.42. The summed E-state index contributed by atoms with van der Waals surface area (Å²) in [5.74, 6) is 1.94. The highest BCUT2D eigenvalue weighted by Gasteiger charge is 2.14. The lowest BCUT2D eigenvalue weighted by molar-refractivity contribution is 0.395. The van der Waals surface area contributed by atoms with E-state index in [1.54, 1.807) is 20.3 Å². The van der Waals surface area contributed by atoms with Gasteiger partial charge in [0.15, 0.2) is 5.82 Å². The number of aromatic nitrogens is 2. The van der Waals surface area contributed by atoms with Crippen LogP contribution < -0.4 is 9.47 Å². The first kappa shape index (κ1) is 14.6. The topological polar surface area (TPSA) is 44.2 Å². The Hall–Kier alpha value is -1.81. The molecule has 4 nitrogen and oxygen atoms in total. The molecule has 5 heteroatoms. The largest absolute Gasteiger partial charge is 0.497 e. The van der Waals surface area contributed by atoms with Crippen LogP contribution in [0.3, 0.4) is 0 Å². The summed E-state index contributed by atoms with van der Waals surface area (Å²) >= 11 is 6.22. The van der Waals surface area contributed by atoms with Crippen molar-refractivity contribution in [3.05, 3.63) is 34.6 Å². The van der Waals surface area contributed by atoms with Crippen molar-refractivity contribution >= 4 is 11.6 Å². The van der Waals surface area contributed by atoms with Crippen molar-refractivity contribution in [3.63, 3.8) is 0 Å². The summed E-state index contributed by atoms with van der Waals surface area (Å²) in [6.07, 6.45) is 0.810. The van der Waals surface area contributed by atoms with Gasteiger partial charge in [0.1, 0.15) is 16.7 Å². The predicted molar refractivity (Wildman–Crippen MR) is 79.7 cm³/mol. The minimum absolute atomic E-state index is 0.493. The molecule has 0 spiro atoms. The SMILES string of the molecule is CCc1c(C)nc(-c2ccc(OC)cc2OC)nc1Cl. The Morgan fingerprint density at radius 2 is 1.90 bits per heavy atom. The van der Waals surface area contributed by atoms with Gasteiger partial charge in [0.25, 0.3) is 0 Å². The quantitative estimate of drug-likeness (QED) is 0.806. The summed E-state index contributed by atoms with van der Waals surface area (Å²) in [6.45, 7) is 3.97. The Labute approximate surface area is 123 Å². The molecule has 106 valence electrons. The maximum atomic E-state index is 6.22. The monoisotopic (exact) mass is 292 g/mol. The highest BCUT2D eigenvalue weighted by atomic mass is 35.5. The van der Waals surface area contributed by atoms with Crippen molar-refractivity contribution in [1.82, 2.24) is 9.97 Å². The van der Waals surface area contributed by atoms with E-state index in [2.05, 4.69) is 9.97 Å². The van der Waals surface area contributed by atoms with Crippen molar-refractivity contribution in [2.24, 2.45) is 0 Å². The molecule has 1 aromatic heterocycles. The Kier molecular flexibility index (Phi) is 4.45. The Bertz CT molecular complexity index is 606. The highest BCUT2D eigenvalue weighted by molar-refractivity contribution is 6.30. The van der Waals surface area contributed by atoms with Gasteiger partial charge in [-0.1, -0.05) is 18.5 Å². The van der Waals surface area contributed by atoms with Crippen molar-refractivity contribution in [3.8, 4) is 22.9 Å². The first-order valence-corrected chi connectivity index (χ1v) is 6.73. The van der Waals surface area contributed by atoms with Crippen LogP contribution in [0, 0.1) is 6.92 Å². The average molecular weight is 293 g/mol. The summed E-state index contributed by atoms with van der Waals surface area (Å²) < 4.78 is 10.6. The Morgan fingerprint density at radius 3 is 2.45 bits per heavy atom. The van der Waals surface area contributed by atoms with Crippen LogP contribution in [0.4, 0.5) is 0 Å². The van der Waals surface area contributed by atoms with Crippen molar-refractivity contribution < 1.29 is 9.47 Å². The number of hydrogen-bond acceptors (Lipinski definition) is 4. The number of nitrogens with zero attached hydrogens (tertiary/aromatic N) is 2. The lowest BCUT2D eigenvalue weighted by Crippen LogP contribution is -2.00. The number of methoxy groups -OCH3 is 2. The van der Waals surface area contributed by atoms with E-state index in [0.717, 1.165) is 29.0 Å². The maximum absolute atomic E-state index is 6.22. The third-order valence-corrected chi connectivity index (χ3v) is 3.48. The van der Waals surface area contributed by atoms with Crippen LogP contribution in [0.2, 0.25) is 5.15 Å². The molecule has 1 heterocycles. The summed E-state index contributed by atoms with van der Waals surface area (Å²) in [4.78, 5) is 8.90. The molecular weight excluding hydrogens is 276 g/mol. The Balaban J connectivity index is 2.56. The summed E-state index contributed by atoms with van der Waals surface area (Å²) in [7, 11) is 3.22. The van der Waals surface area contributed by atoms with E-state index in [9.17, 15) is 0 Å². The van der Waals surface area contributed by atoms with Crippen molar-refractivity contribution in [1.29, 1.82) is 0 Å². The van der Waals surface area contributed by atoms with E-state index in [1.807, 2.05) is 26.0 Å². The molecule has 1 aromatic carbocycles. The lowest BCUT2D eigenvalue weighted by Gasteiger charge is -2.12. The summed E-state index contributed by atoms with van der Waals surface area (Å²) in [6, 6.07) is 5.52. The van der Waals surface area contributed by atoms with Gasteiger partial charge in [-0.25, -0.2) is 9.97 Å². The van der Waals surface area contributed by atoms with Crippen molar-refractivity contribution in [2.75, 3.05) is 14.2 Å². The molecule has 0 aliphatic rings. The van der Waals surface area contributed by atoms with Gasteiger partial charge >= 0.3 is 0 Å². The number of benzene rings is 1. The fraction of sp³-hybridized carbons (Fsp3) is 0.333. The number of hydrogen-bond donors (Lipinski definition) is 0. The van der Waals surface area contributed by atoms with E-state index in [0.29, 0.717) is 16.7 Å². The average Bonchev–Trinajstić information content (AvgIpc) is 2.46. The van der Waals surface area contributed by atoms with Gasteiger partial charge in [0.2, 0.25) is 0 Å². The zero-order chi connectivity index (χ0) is 14.7. The molecule has 0 saturated heterocycles. The maximum Gasteiger partial charge on any atom is 0.164 e. The van der Waals surface area contributed by atoms with Gasteiger partial charge < -0.3 is 9.47 Å². The van der Waals surface area contributed by atoms with Gasteiger partial charge in [-0.3, -0.25) is 0 Å².